The van der Waals surface area contributed by atoms with E-state index in [-0.39, 0.29) is 18.0 Å². The van der Waals surface area contributed by atoms with Crippen molar-refractivity contribution in [3.05, 3.63) is 79.3 Å². The Balaban J connectivity index is 1.86. The zero-order valence-electron chi connectivity index (χ0n) is 15.6. The van der Waals surface area contributed by atoms with Crippen LogP contribution in [-0.4, -0.2) is 27.3 Å². The molecule has 0 aliphatic rings. The second-order valence-electron chi connectivity index (χ2n) is 6.40. The summed E-state index contributed by atoms with van der Waals surface area (Å²) in [7, 11) is 0. The van der Waals surface area contributed by atoms with E-state index in [0.717, 1.165) is 6.42 Å². The number of nitrogens with zero attached hydrogens (tertiary/aromatic N) is 2. The molecule has 0 fully saturated rings. The molecule has 0 atom stereocenters. The lowest BCUT2D eigenvalue weighted by atomic mass is 10.2. The predicted octanol–water partition coefficient (Wildman–Crippen LogP) is 5.34. The number of rotatable bonds is 6. The Morgan fingerprint density at radius 3 is 2.59 bits per heavy atom. The minimum Gasteiger partial charge on any atom is -0.332 e. The lowest BCUT2D eigenvalue weighted by Gasteiger charge is -2.20. The zero-order valence-corrected chi connectivity index (χ0v) is 17.9. The van der Waals surface area contributed by atoms with Gasteiger partial charge in [-0.2, -0.15) is 0 Å². The molecule has 0 bridgehead atoms. The number of H-pyrrole nitrogens is 1. The third kappa shape index (κ3) is 5.18. The van der Waals surface area contributed by atoms with Crippen LogP contribution in [0.4, 0.5) is 0 Å². The first-order valence-electron chi connectivity index (χ1n) is 8.98. The van der Waals surface area contributed by atoms with E-state index in [1.54, 1.807) is 47.4 Å². The molecule has 5 nitrogen and oxygen atoms in total. The number of carbonyl (C=O) groups excluding carboxylic acids is 1. The van der Waals surface area contributed by atoms with Gasteiger partial charge < -0.3 is 9.88 Å². The van der Waals surface area contributed by atoms with Gasteiger partial charge in [-0.05, 0) is 42.8 Å². The maximum absolute atomic E-state index is 12.7. The summed E-state index contributed by atoms with van der Waals surface area (Å²) in [6, 6.07) is 10.0. The van der Waals surface area contributed by atoms with E-state index in [2.05, 4.69) is 9.97 Å². The third-order valence-corrected chi connectivity index (χ3v) is 5.15. The third-order valence-electron chi connectivity index (χ3n) is 4.26. The van der Waals surface area contributed by atoms with Gasteiger partial charge in [-0.25, -0.2) is 4.98 Å². The van der Waals surface area contributed by atoms with Crippen LogP contribution in [0.25, 0.3) is 17.0 Å². The van der Waals surface area contributed by atoms with Crippen LogP contribution in [0.5, 0.6) is 0 Å². The molecule has 8 heteroatoms. The molecule has 3 aromatic rings. The summed E-state index contributed by atoms with van der Waals surface area (Å²) in [5.41, 5.74) is 0.787. The smallest absolute Gasteiger partial charge is 0.258 e. The number of aromatic amines is 1. The van der Waals surface area contributed by atoms with Gasteiger partial charge in [0.1, 0.15) is 5.82 Å². The lowest BCUT2D eigenvalue weighted by Crippen LogP contribution is -2.31. The maximum atomic E-state index is 12.7. The molecule has 0 aliphatic carbocycles. The summed E-state index contributed by atoms with van der Waals surface area (Å²) >= 11 is 18.3. The molecule has 3 rings (SSSR count). The van der Waals surface area contributed by atoms with Crippen LogP contribution in [0.2, 0.25) is 15.1 Å². The average molecular weight is 451 g/mol. The van der Waals surface area contributed by atoms with E-state index in [1.165, 1.54) is 6.08 Å². The van der Waals surface area contributed by atoms with Crippen molar-refractivity contribution < 1.29 is 4.79 Å². The van der Waals surface area contributed by atoms with Crippen LogP contribution < -0.4 is 5.56 Å². The van der Waals surface area contributed by atoms with Crippen molar-refractivity contribution in [3.8, 4) is 0 Å². The highest BCUT2D eigenvalue weighted by Crippen LogP contribution is 2.25. The zero-order chi connectivity index (χ0) is 21.0. The molecular formula is C21H18Cl3N3O2. The Labute approximate surface area is 182 Å². The van der Waals surface area contributed by atoms with E-state index < -0.39 is 0 Å². The lowest BCUT2D eigenvalue weighted by molar-refractivity contribution is -0.126. The fourth-order valence-electron chi connectivity index (χ4n) is 2.88. The molecule has 0 radical (unpaired) electrons. The molecule has 1 N–H and O–H groups in total. The fraction of sp³-hybridized carbons (Fsp3) is 0.190. The molecule has 0 aliphatic heterocycles. The Hall–Kier alpha value is -2.34. The van der Waals surface area contributed by atoms with Gasteiger partial charge in [0.25, 0.3) is 5.56 Å². The van der Waals surface area contributed by atoms with Crippen LogP contribution in [0, 0.1) is 0 Å². The molecule has 0 saturated carbocycles. The summed E-state index contributed by atoms with van der Waals surface area (Å²) in [6.45, 7) is 2.62. The van der Waals surface area contributed by atoms with Gasteiger partial charge in [0.15, 0.2) is 0 Å². The van der Waals surface area contributed by atoms with E-state index in [1.807, 2.05) is 6.92 Å². The van der Waals surface area contributed by atoms with Gasteiger partial charge in [0.05, 0.1) is 17.4 Å². The van der Waals surface area contributed by atoms with Crippen molar-refractivity contribution in [1.82, 2.24) is 14.9 Å². The first-order valence-corrected chi connectivity index (χ1v) is 10.1. The highest BCUT2D eigenvalue weighted by molar-refractivity contribution is 6.37. The number of nitrogens with one attached hydrogen (secondary N) is 1. The second kappa shape index (κ2) is 9.44. The maximum Gasteiger partial charge on any atom is 0.258 e. The number of carbonyl (C=O) groups is 1. The molecular weight excluding hydrogens is 433 g/mol. The topological polar surface area (TPSA) is 66.1 Å². The SMILES string of the molecule is CCCN(Cc1nc2cc(Cl)ccc2c(=O)[nH]1)C(=O)/C=C/c1c(Cl)cccc1Cl. The Morgan fingerprint density at radius 1 is 1.17 bits per heavy atom. The van der Waals surface area contributed by atoms with Gasteiger partial charge in [0.2, 0.25) is 5.91 Å². The van der Waals surface area contributed by atoms with Crippen molar-refractivity contribution in [2.75, 3.05) is 6.54 Å². The molecule has 0 unspecified atom stereocenters. The summed E-state index contributed by atoms with van der Waals surface area (Å²) in [5.74, 6) is 0.146. The van der Waals surface area contributed by atoms with Gasteiger partial charge in [-0.15, -0.1) is 0 Å². The highest BCUT2D eigenvalue weighted by Gasteiger charge is 2.14. The van der Waals surface area contributed by atoms with Crippen molar-refractivity contribution in [2.45, 2.75) is 19.9 Å². The molecule has 29 heavy (non-hydrogen) atoms. The molecule has 1 amide bonds. The average Bonchev–Trinajstić information content (AvgIpc) is 2.66. The summed E-state index contributed by atoms with van der Waals surface area (Å²) < 4.78 is 0. The largest absolute Gasteiger partial charge is 0.332 e. The van der Waals surface area contributed by atoms with Crippen molar-refractivity contribution in [3.63, 3.8) is 0 Å². The standard InChI is InChI=1S/C21H18Cl3N3O2/c1-2-10-27(20(28)9-8-14-16(23)4-3-5-17(14)24)12-19-25-18-11-13(22)6-7-15(18)21(29)26-19/h3-9,11H,2,10,12H2,1H3,(H,25,26,29)/b9-8+. The Kier molecular flexibility index (Phi) is 6.96. The van der Waals surface area contributed by atoms with Gasteiger partial charge in [-0.1, -0.05) is 47.8 Å². The number of hydrogen-bond donors (Lipinski definition) is 1. The fourth-order valence-corrected chi connectivity index (χ4v) is 3.57. The monoisotopic (exact) mass is 449 g/mol. The number of aromatic nitrogens is 2. The first kappa shape index (κ1) is 21.4. The van der Waals surface area contributed by atoms with Crippen molar-refractivity contribution >= 4 is 57.7 Å². The summed E-state index contributed by atoms with van der Waals surface area (Å²) in [5, 5.41) is 1.85. The van der Waals surface area contributed by atoms with Crippen LogP contribution in [0.3, 0.4) is 0 Å². The van der Waals surface area contributed by atoms with Crippen LogP contribution in [-0.2, 0) is 11.3 Å². The summed E-state index contributed by atoms with van der Waals surface area (Å²) in [6.07, 6.45) is 3.75. The van der Waals surface area contributed by atoms with Gasteiger partial charge in [0, 0.05) is 33.3 Å². The van der Waals surface area contributed by atoms with Crippen molar-refractivity contribution in [1.29, 1.82) is 0 Å². The number of amides is 1. The molecule has 0 spiro atoms. The number of benzene rings is 2. The van der Waals surface area contributed by atoms with Gasteiger partial charge in [-0.3, -0.25) is 9.59 Å². The quantitative estimate of drug-likeness (QED) is 0.516. The van der Waals surface area contributed by atoms with Crippen LogP contribution in [0.15, 0.2) is 47.3 Å². The van der Waals surface area contributed by atoms with Gasteiger partial charge >= 0.3 is 0 Å². The normalized spacial score (nSPS) is 11.3. The van der Waals surface area contributed by atoms with E-state index in [9.17, 15) is 9.59 Å². The second-order valence-corrected chi connectivity index (χ2v) is 7.65. The number of fused-ring (bicyclic) bond motifs is 1. The highest BCUT2D eigenvalue weighted by atomic mass is 35.5. The minimum absolute atomic E-state index is 0.158. The van der Waals surface area contributed by atoms with E-state index in [4.69, 9.17) is 34.8 Å². The van der Waals surface area contributed by atoms with Crippen LogP contribution in [0.1, 0.15) is 24.7 Å². The van der Waals surface area contributed by atoms with Crippen molar-refractivity contribution in [2.24, 2.45) is 0 Å². The van der Waals surface area contributed by atoms with E-state index >= 15 is 0 Å². The Morgan fingerprint density at radius 2 is 1.90 bits per heavy atom. The minimum atomic E-state index is -0.274. The predicted molar refractivity (Wildman–Crippen MR) is 119 cm³/mol. The molecule has 1 heterocycles. The number of halogens is 3. The first-order chi connectivity index (χ1) is 13.9. The Bertz CT molecular complexity index is 1120. The van der Waals surface area contributed by atoms with E-state index in [0.29, 0.717) is 43.9 Å². The summed E-state index contributed by atoms with van der Waals surface area (Å²) in [4.78, 5) is 33.8. The number of hydrogen-bond acceptors (Lipinski definition) is 3. The van der Waals surface area contributed by atoms with Crippen LogP contribution >= 0.6 is 34.8 Å². The molecule has 1 aromatic heterocycles. The molecule has 150 valence electrons. The molecule has 2 aromatic carbocycles. The molecule has 0 saturated heterocycles.